The van der Waals surface area contributed by atoms with Gasteiger partial charge in [-0.2, -0.15) is 0 Å². The van der Waals surface area contributed by atoms with Gasteiger partial charge in [0.15, 0.2) is 0 Å². The molecule has 0 radical (unpaired) electrons. The molecule has 6 heteroatoms. The topological polar surface area (TPSA) is 46.6 Å². The Morgan fingerprint density at radius 2 is 1.82 bits per heavy atom. The van der Waals surface area contributed by atoms with Crippen molar-refractivity contribution in [2.24, 2.45) is 0 Å². The maximum atomic E-state index is 13.1. The van der Waals surface area contributed by atoms with Gasteiger partial charge in [0.1, 0.15) is 11.4 Å². The molecule has 0 unspecified atom stereocenters. The van der Waals surface area contributed by atoms with Gasteiger partial charge < -0.3 is 9.64 Å². The first kappa shape index (κ1) is 20.5. The minimum atomic E-state index is -0.651. The zero-order valence-electron chi connectivity index (χ0n) is 15.7. The molecule has 146 valence electrons. The normalized spacial score (nSPS) is 19.4. The summed E-state index contributed by atoms with van der Waals surface area (Å²) in [5, 5.41) is 0.231. The first-order chi connectivity index (χ1) is 13.5. The molecule has 4 nitrogen and oxygen atoms in total. The highest BCUT2D eigenvalue weighted by atomic mass is 35.5. The van der Waals surface area contributed by atoms with Crippen LogP contribution < -0.4 is 0 Å². The average Bonchev–Trinajstić information content (AvgIpc) is 3.12. The van der Waals surface area contributed by atoms with E-state index in [0.717, 1.165) is 11.1 Å². The van der Waals surface area contributed by atoms with Crippen molar-refractivity contribution >= 4 is 41.3 Å². The van der Waals surface area contributed by atoms with E-state index in [0.29, 0.717) is 10.8 Å². The third-order valence-electron chi connectivity index (χ3n) is 4.27. The Labute approximate surface area is 174 Å². The molecule has 0 bridgehead atoms. The number of benzene rings is 2. The number of thioether (sulfide) groups is 1. The van der Waals surface area contributed by atoms with Crippen molar-refractivity contribution in [3.63, 3.8) is 0 Å². The van der Waals surface area contributed by atoms with E-state index in [1.807, 2.05) is 48.5 Å². The van der Waals surface area contributed by atoms with Crippen LogP contribution in [0.5, 0.6) is 0 Å². The second-order valence-electron chi connectivity index (χ2n) is 6.70. The monoisotopic (exact) mass is 415 g/mol. The second-order valence-corrected chi connectivity index (χ2v) is 8.22. The summed E-state index contributed by atoms with van der Waals surface area (Å²) in [4.78, 5) is 27.3. The van der Waals surface area contributed by atoms with Gasteiger partial charge in [-0.05, 0) is 31.6 Å². The molecule has 1 heterocycles. The quantitative estimate of drug-likeness (QED) is 0.512. The van der Waals surface area contributed by atoms with E-state index in [1.54, 1.807) is 30.9 Å². The van der Waals surface area contributed by atoms with Gasteiger partial charge in [0.25, 0.3) is 0 Å². The lowest BCUT2D eigenvalue weighted by atomic mass is 10.1. The molecule has 0 saturated carbocycles. The van der Waals surface area contributed by atoms with Gasteiger partial charge in [0.2, 0.25) is 5.91 Å². The van der Waals surface area contributed by atoms with E-state index in [-0.39, 0.29) is 17.4 Å². The van der Waals surface area contributed by atoms with Gasteiger partial charge in [0, 0.05) is 22.4 Å². The van der Waals surface area contributed by atoms with Crippen LogP contribution in [0.25, 0.3) is 6.08 Å². The van der Waals surface area contributed by atoms with Crippen LogP contribution in [0.2, 0.25) is 5.02 Å². The van der Waals surface area contributed by atoms with Crippen molar-refractivity contribution in [2.45, 2.75) is 31.4 Å². The summed E-state index contributed by atoms with van der Waals surface area (Å²) in [6.45, 7) is 3.60. The summed E-state index contributed by atoms with van der Waals surface area (Å²) in [7, 11) is 0. The molecule has 28 heavy (non-hydrogen) atoms. The van der Waals surface area contributed by atoms with Crippen LogP contribution in [0.4, 0.5) is 0 Å². The Balaban J connectivity index is 1.90. The number of hydrogen-bond acceptors (Lipinski definition) is 4. The number of esters is 1. The fourth-order valence-corrected chi connectivity index (χ4v) is 4.76. The second kappa shape index (κ2) is 9.30. The lowest BCUT2D eigenvalue weighted by molar-refractivity contribution is -0.156. The number of nitrogens with zero attached hydrogens (tertiary/aromatic N) is 1. The number of carbonyl (C=O) groups is 2. The first-order valence-corrected chi connectivity index (χ1v) is 10.5. The largest absolute Gasteiger partial charge is 0.461 e. The molecule has 2 atom stereocenters. The molecular formula is C22H22ClNO3S. The molecule has 1 saturated heterocycles. The number of rotatable bonds is 5. The smallest absolute Gasteiger partial charge is 0.330 e. The van der Waals surface area contributed by atoms with Crippen molar-refractivity contribution in [1.29, 1.82) is 0 Å². The van der Waals surface area contributed by atoms with Gasteiger partial charge in [-0.3, -0.25) is 4.79 Å². The van der Waals surface area contributed by atoms with Gasteiger partial charge in [-0.1, -0.05) is 60.1 Å². The third kappa shape index (κ3) is 4.78. The zero-order chi connectivity index (χ0) is 20.1. The summed E-state index contributed by atoms with van der Waals surface area (Å²) in [6, 6.07) is 16.3. The Morgan fingerprint density at radius 3 is 2.50 bits per heavy atom. The van der Waals surface area contributed by atoms with Crippen molar-refractivity contribution in [3.05, 3.63) is 76.8 Å². The van der Waals surface area contributed by atoms with Crippen LogP contribution >= 0.6 is 23.4 Å². The van der Waals surface area contributed by atoms with Crippen LogP contribution in [-0.2, 0) is 14.3 Å². The molecule has 1 amide bonds. The molecule has 0 aliphatic carbocycles. The minimum absolute atomic E-state index is 0.242. The maximum absolute atomic E-state index is 13.1. The van der Waals surface area contributed by atoms with Gasteiger partial charge >= 0.3 is 5.97 Å². The average molecular weight is 416 g/mol. The maximum Gasteiger partial charge on any atom is 0.330 e. The number of halogens is 1. The molecule has 1 fully saturated rings. The van der Waals surface area contributed by atoms with Crippen LogP contribution in [0.1, 0.15) is 30.3 Å². The predicted molar refractivity (Wildman–Crippen MR) is 114 cm³/mol. The van der Waals surface area contributed by atoms with Crippen LogP contribution in [-0.4, -0.2) is 34.7 Å². The van der Waals surface area contributed by atoms with Crippen LogP contribution in [0, 0.1) is 0 Å². The minimum Gasteiger partial charge on any atom is -0.461 e. The van der Waals surface area contributed by atoms with Crippen molar-refractivity contribution < 1.29 is 14.3 Å². The standard InChI is InChI=1S/C22H22ClNO3S/c1-15(2)27-22(26)19-14-28-21(17-10-6-7-11-18(17)23)24(19)20(25)13-12-16-8-4-3-5-9-16/h3-13,15,19,21H,14H2,1-2H3/b13-12+/t19-,21+/m0/s1. The summed E-state index contributed by atoms with van der Waals surface area (Å²) < 4.78 is 5.39. The fraction of sp³-hybridized carbons (Fsp3) is 0.273. The van der Waals surface area contributed by atoms with Crippen molar-refractivity contribution in [1.82, 2.24) is 4.90 Å². The highest BCUT2D eigenvalue weighted by Crippen LogP contribution is 2.44. The number of ether oxygens (including phenoxy) is 1. The summed E-state index contributed by atoms with van der Waals surface area (Å²) in [5.74, 6) is -0.171. The van der Waals surface area contributed by atoms with E-state index in [1.165, 1.54) is 17.8 Å². The van der Waals surface area contributed by atoms with Crippen molar-refractivity contribution in [3.8, 4) is 0 Å². The molecule has 0 aromatic heterocycles. The van der Waals surface area contributed by atoms with E-state index in [4.69, 9.17) is 16.3 Å². The van der Waals surface area contributed by atoms with Gasteiger partial charge in [-0.25, -0.2) is 4.79 Å². The molecular weight excluding hydrogens is 394 g/mol. The number of amides is 1. The van der Waals surface area contributed by atoms with E-state index in [2.05, 4.69) is 0 Å². The van der Waals surface area contributed by atoms with Crippen LogP contribution in [0.15, 0.2) is 60.7 Å². The highest BCUT2D eigenvalue weighted by Gasteiger charge is 2.43. The summed E-state index contributed by atoms with van der Waals surface area (Å²) in [6.07, 6.45) is 3.01. The van der Waals surface area contributed by atoms with E-state index >= 15 is 0 Å². The Kier molecular flexibility index (Phi) is 6.81. The van der Waals surface area contributed by atoms with Crippen LogP contribution in [0.3, 0.4) is 0 Å². The molecule has 1 aliphatic heterocycles. The third-order valence-corrected chi connectivity index (χ3v) is 5.92. The summed E-state index contributed by atoms with van der Waals surface area (Å²) >= 11 is 7.89. The van der Waals surface area contributed by atoms with Gasteiger partial charge in [-0.15, -0.1) is 11.8 Å². The molecule has 0 spiro atoms. The molecule has 2 aromatic carbocycles. The summed E-state index contributed by atoms with van der Waals surface area (Å²) in [5.41, 5.74) is 1.73. The SMILES string of the molecule is CC(C)OC(=O)[C@@H]1CS[C@H](c2ccccc2Cl)N1C(=O)/C=C/c1ccccc1. The molecule has 0 N–H and O–H groups in total. The molecule has 1 aliphatic rings. The molecule has 3 rings (SSSR count). The lowest BCUT2D eigenvalue weighted by Crippen LogP contribution is -2.43. The lowest BCUT2D eigenvalue weighted by Gasteiger charge is -2.28. The van der Waals surface area contributed by atoms with Crippen molar-refractivity contribution in [2.75, 3.05) is 5.75 Å². The number of hydrogen-bond donors (Lipinski definition) is 0. The first-order valence-electron chi connectivity index (χ1n) is 9.09. The van der Waals surface area contributed by atoms with Gasteiger partial charge in [0.05, 0.1) is 6.10 Å². The Bertz CT molecular complexity index is 869. The zero-order valence-corrected chi connectivity index (χ0v) is 17.3. The Morgan fingerprint density at radius 1 is 1.14 bits per heavy atom. The van der Waals surface area contributed by atoms with E-state index in [9.17, 15) is 9.59 Å². The number of carbonyl (C=O) groups excluding carboxylic acids is 2. The Hall–Kier alpha value is -2.24. The molecule has 2 aromatic rings. The van der Waals surface area contributed by atoms with E-state index < -0.39 is 12.0 Å². The highest BCUT2D eigenvalue weighted by molar-refractivity contribution is 7.99. The predicted octanol–water partition coefficient (Wildman–Crippen LogP) is 4.95. The fourth-order valence-electron chi connectivity index (χ4n) is 3.00.